The highest BCUT2D eigenvalue weighted by Gasteiger charge is 2.25. The Morgan fingerprint density at radius 3 is 2.85 bits per heavy atom. The van der Waals surface area contributed by atoms with E-state index in [2.05, 4.69) is 36.0 Å². The number of aromatic amines is 1. The molecule has 3 heterocycles. The van der Waals surface area contributed by atoms with Crippen molar-refractivity contribution in [2.75, 3.05) is 10.6 Å². The van der Waals surface area contributed by atoms with Crippen molar-refractivity contribution in [3.05, 3.63) is 36.3 Å². The third-order valence-corrected chi connectivity index (χ3v) is 4.21. The van der Waals surface area contributed by atoms with Crippen LogP contribution in [0.2, 0.25) is 0 Å². The number of carbonyl (C=O) groups excluding carboxylic acids is 1. The second-order valence-electron chi connectivity index (χ2n) is 6.63. The second-order valence-corrected chi connectivity index (χ2v) is 6.63. The van der Waals surface area contributed by atoms with E-state index < -0.39 is 6.03 Å². The van der Waals surface area contributed by atoms with Crippen molar-refractivity contribution in [1.29, 1.82) is 0 Å². The molecule has 1 fully saturated rings. The van der Waals surface area contributed by atoms with Crippen molar-refractivity contribution in [2.24, 2.45) is 0 Å². The average molecular weight is 352 g/mol. The van der Waals surface area contributed by atoms with Crippen LogP contribution in [-0.4, -0.2) is 36.0 Å². The molecular formula is C17H20N8O. The van der Waals surface area contributed by atoms with Crippen LogP contribution < -0.4 is 10.6 Å². The smallest absolute Gasteiger partial charge is 0.310 e. The summed E-state index contributed by atoms with van der Waals surface area (Å²) in [5, 5.41) is 20.6. The predicted molar refractivity (Wildman–Crippen MR) is 96.8 cm³/mol. The molecule has 1 aliphatic carbocycles. The number of hydrogen-bond donors (Lipinski definition) is 3. The quantitative estimate of drug-likeness (QED) is 0.653. The van der Waals surface area contributed by atoms with Crippen LogP contribution in [0.5, 0.6) is 0 Å². The summed E-state index contributed by atoms with van der Waals surface area (Å²) < 4.78 is 1.93. The third kappa shape index (κ3) is 3.41. The summed E-state index contributed by atoms with van der Waals surface area (Å²) in [7, 11) is 0. The van der Waals surface area contributed by atoms with Gasteiger partial charge in [-0.05, 0) is 38.8 Å². The predicted octanol–water partition coefficient (Wildman–Crippen LogP) is 3.17. The van der Waals surface area contributed by atoms with Crippen molar-refractivity contribution < 1.29 is 4.79 Å². The summed E-state index contributed by atoms with van der Waals surface area (Å²) in [5.41, 5.74) is 1.71. The van der Waals surface area contributed by atoms with Crippen LogP contribution in [0.1, 0.15) is 44.3 Å². The van der Waals surface area contributed by atoms with Crippen molar-refractivity contribution in [1.82, 2.24) is 29.9 Å². The number of urea groups is 1. The summed E-state index contributed by atoms with van der Waals surface area (Å²) in [5.74, 6) is 2.14. The molecule has 0 aromatic carbocycles. The second kappa shape index (κ2) is 6.58. The van der Waals surface area contributed by atoms with Gasteiger partial charge in [-0.1, -0.05) is 6.07 Å². The molecule has 0 unspecified atom stereocenters. The van der Waals surface area contributed by atoms with Crippen molar-refractivity contribution in [3.63, 3.8) is 0 Å². The standard InChI is InChI=1S/C17H20N8O/c1-10(2)25-9-18-24-16(25)12-4-3-5-14(19-12)20-17(26)21-15-8-13(22-23-15)11-6-7-11/h3-5,8-11H,6-7H2,1-2H3,(H3,19,20,21,22,23,26). The Morgan fingerprint density at radius 1 is 1.27 bits per heavy atom. The van der Waals surface area contributed by atoms with E-state index in [0.717, 1.165) is 5.69 Å². The van der Waals surface area contributed by atoms with Crippen LogP contribution in [0.25, 0.3) is 11.5 Å². The first-order chi connectivity index (χ1) is 12.6. The molecule has 0 spiro atoms. The van der Waals surface area contributed by atoms with E-state index in [9.17, 15) is 4.79 Å². The number of nitrogens with one attached hydrogen (secondary N) is 3. The van der Waals surface area contributed by atoms with Gasteiger partial charge < -0.3 is 4.57 Å². The van der Waals surface area contributed by atoms with Crippen LogP contribution in [0.4, 0.5) is 16.4 Å². The Balaban J connectivity index is 1.46. The molecule has 1 aliphatic rings. The summed E-state index contributed by atoms with van der Waals surface area (Å²) in [4.78, 5) is 16.7. The maximum Gasteiger partial charge on any atom is 0.326 e. The normalized spacial score (nSPS) is 13.8. The minimum absolute atomic E-state index is 0.210. The van der Waals surface area contributed by atoms with Crippen molar-refractivity contribution >= 4 is 17.7 Å². The summed E-state index contributed by atoms with van der Waals surface area (Å²) >= 11 is 0. The molecule has 3 aromatic rings. The van der Waals surface area contributed by atoms with Crippen LogP contribution in [0.15, 0.2) is 30.6 Å². The molecule has 0 atom stereocenters. The van der Waals surface area contributed by atoms with E-state index in [-0.39, 0.29) is 6.04 Å². The Kier molecular flexibility index (Phi) is 4.11. The van der Waals surface area contributed by atoms with Gasteiger partial charge in [0.25, 0.3) is 0 Å². The number of aromatic nitrogens is 6. The van der Waals surface area contributed by atoms with Gasteiger partial charge in [0.15, 0.2) is 11.6 Å². The number of carbonyl (C=O) groups is 1. The zero-order valence-corrected chi connectivity index (χ0v) is 14.6. The summed E-state index contributed by atoms with van der Waals surface area (Å²) in [6, 6.07) is 7.06. The van der Waals surface area contributed by atoms with Crippen LogP contribution in [0.3, 0.4) is 0 Å². The lowest BCUT2D eigenvalue weighted by atomic mass is 10.3. The van der Waals surface area contributed by atoms with E-state index >= 15 is 0 Å². The monoisotopic (exact) mass is 352 g/mol. The maximum atomic E-state index is 12.2. The van der Waals surface area contributed by atoms with Crippen molar-refractivity contribution in [2.45, 2.75) is 38.6 Å². The van der Waals surface area contributed by atoms with Crippen LogP contribution >= 0.6 is 0 Å². The highest BCUT2D eigenvalue weighted by molar-refractivity contribution is 5.98. The number of amides is 2. The Bertz CT molecular complexity index is 924. The van der Waals surface area contributed by atoms with Gasteiger partial charge in [-0.25, -0.2) is 9.78 Å². The molecule has 9 heteroatoms. The van der Waals surface area contributed by atoms with Crippen molar-refractivity contribution in [3.8, 4) is 11.5 Å². The zero-order chi connectivity index (χ0) is 18.1. The molecule has 0 bridgehead atoms. The van der Waals surface area contributed by atoms with Gasteiger partial charge in [-0.2, -0.15) is 5.10 Å². The Hall–Kier alpha value is -3.23. The zero-order valence-electron chi connectivity index (χ0n) is 14.6. The molecule has 4 rings (SSSR count). The maximum absolute atomic E-state index is 12.2. The van der Waals surface area contributed by atoms with E-state index in [1.165, 1.54) is 12.8 Å². The first-order valence-electron chi connectivity index (χ1n) is 8.60. The fourth-order valence-electron chi connectivity index (χ4n) is 2.70. The molecule has 9 nitrogen and oxygen atoms in total. The van der Waals surface area contributed by atoms with Crippen LogP contribution in [-0.2, 0) is 0 Å². The lowest BCUT2D eigenvalue weighted by Gasteiger charge is -2.10. The lowest BCUT2D eigenvalue weighted by molar-refractivity contribution is 0.262. The van der Waals surface area contributed by atoms with Gasteiger partial charge in [-0.15, -0.1) is 10.2 Å². The Morgan fingerprint density at radius 2 is 2.08 bits per heavy atom. The molecule has 0 saturated heterocycles. The largest absolute Gasteiger partial charge is 0.326 e. The van der Waals surface area contributed by atoms with E-state index in [0.29, 0.717) is 29.1 Å². The SMILES string of the molecule is CC(C)n1cnnc1-c1cccc(NC(=O)Nc2cc(C3CC3)[nH]n2)n1. The van der Waals surface area contributed by atoms with E-state index in [1.807, 2.05) is 36.6 Å². The fourth-order valence-corrected chi connectivity index (χ4v) is 2.70. The number of hydrogen-bond acceptors (Lipinski definition) is 5. The van der Waals surface area contributed by atoms with Gasteiger partial charge in [0, 0.05) is 23.7 Å². The fraction of sp³-hybridized carbons (Fsp3) is 0.353. The first-order valence-corrected chi connectivity index (χ1v) is 8.60. The lowest BCUT2D eigenvalue weighted by Crippen LogP contribution is -2.20. The minimum Gasteiger partial charge on any atom is -0.310 e. The molecule has 26 heavy (non-hydrogen) atoms. The van der Waals surface area contributed by atoms with E-state index in [4.69, 9.17) is 0 Å². The third-order valence-electron chi connectivity index (χ3n) is 4.21. The number of anilines is 2. The number of rotatable bonds is 5. The average Bonchev–Trinajstić information content (AvgIpc) is 3.16. The van der Waals surface area contributed by atoms with Crippen LogP contribution in [0, 0.1) is 0 Å². The Labute approximate surface area is 150 Å². The highest BCUT2D eigenvalue weighted by Crippen LogP contribution is 2.39. The number of H-pyrrole nitrogens is 1. The van der Waals surface area contributed by atoms with Gasteiger partial charge in [-0.3, -0.25) is 15.7 Å². The van der Waals surface area contributed by atoms with Gasteiger partial charge in [0.2, 0.25) is 0 Å². The highest BCUT2D eigenvalue weighted by atomic mass is 16.2. The van der Waals surface area contributed by atoms with Gasteiger partial charge in [0.05, 0.1) is 0 Å². The summed E-state index contributed by atoms with van der Waals surface area (Å²) in [6.07, 6.45) is 4.01. The molecule has 3 N–H and O–H groups in total. The molecule has 134 valence electrons. The molecule has 0 aliphatic heterocycles. The molecular weight excluding hydrogens is 332 g/mol. The number of nitrogens with zero attached hydrogens (tertiary/aromatic N) is 5. The molecule has 2 amide bonds. The topological polar surface area (TPSA) is 113 Å². The molecule has 0 radical (unpaired) electrons. The minimum atomic E-state index is -0.395. The van der Waals surface area contributed by atoms with E-state index in [1.54, 1.807) is 12.4 Å². The number of pyridine rings is 1. The summed E-state index contributed by atoms with van der Waals surface area (Å²) in [6.45, 7) is 4.09. The molecule has 3 aromatic heterocycles. The van der Waals surface area contributed by atoms with Gasteiger partial charge in [0.1, 0.15) is 17.8 Å². The first kappa shape index (κ1) is 16.2. The van der Waals surface area contributed by atoms with Gasteiger partial charge >= 0.3 is 6.03 Å². The molecule has 1 saturated carbocycles.